The van der Waals surface area contributed by atoms with Crippen molar-refractivity contribution in [3.63, 3.8) is 0 Å². The smallest absolute Gasteiger partial charge is 0.230 e. The second-order valence-electron chi connectivity index (χ2n) is 5.29. The van der Waals surface area contributed by atoms with Crippen molar-refractivity contribution in [1.82, 2.24) is 0 Å². The van der Waals surface area contributed by atoms with Crippen molar-refractivity contribution in [3.8, 4) is 0 Å². The third-order valence-corrected chi connectivity index (χ3v) is 4.00. The van der Waals surface area contributed by atoms with Gasteiger partial charge in [0.05, 0.1) is 18.0 Å². The van der Waals surface area contributed by atoms with Crippen LogP contribution in [0.2, 0.25) is 0 Å². The zero-order valence-corrected chi connectivity index (χ0v) is 11.4. The second kappa shape index (κ2) is 6.06. The maximum Gasteiger partial charge on any atom is 0.230 e. The standard InChI is InChI=1S/C15H22N2O2/c1-11-5-4-6-12(11)15(19)17(9-10-18)14-8-3-2-7-13(14)16/h2-3,7-8,11-12,18H,4-6,9-10,16H2,1H3. The van der Waals surface area contributed by atoms with Gasteiger partial charge in [-0.15, -0.1) is 0 Å². The van der Waals surface area contributed by atoms with Gasteiger partial charge in [0.2, 0.25) is 5.91 Å². The van der Waals surface area contributed by atoms with Crippen molar-refractivity contribution in [2.45, 2.75) is 26.2 Å². The summed E-state index contributed by atoms with van der Waals surface area (Å²) in [7, 11) is 0. The van der Waals surface area contributed by atoms with E-state index >= 15 is 0 Å². The number of para-hydroxylation sites is 2. The molecule has 2 atom stereocenters. The lowest BCUT2D eigenvalue weighted by atomic mass is 9.96. The molecule has 0 spiro atoms. The maximum absolute atomic E-state index is 12.7. The summed E-state index contributed by atoms with van der Waals surface area (Å²) < 4.78 is 0. The van der Waals surface area contributed by atoms with Crippen LogP contribution in [0, 0.1) is 11.8 Å². The van der Waals surface area contributed by atoms with E-state index in [0.29, 0.717) is 23.8 Å². The van der Waals surface area contributed by atoms with Crippen LogP contribution in [0.5, 0.6) is 0 Å². The van der Waals surface area contributed by atoms with Crippen molar-refractivity contribution in [1.29, 1.82) is 0 Å². The van der Waals surface area contributed by atoms with Gasteiger partial charge in [0.15, 0.2) is 0 Å². The predicted octanol–water partition coefficient (Wildman–Crippen LogP) is 2.03. The van der Waals surface area contributed by atoms with Crippen LogP contribution in [0.1, 0.15) is 26.2 Å². The summed E-state index contributed by atoms with van der Waals surface area (Å²) in [5.41, 5.74) is 7.23. The Bertz CT molecular complexity index is 448. The highest BCUT2D eigenvalue weighted by Gasteiger charge is 2.33. The number of aliphatic hydroxyl groups excluding tert-OH is 1. The van der Waals surface area contributed by atoms with Crippen LogP contribution < -0.4 is 10.6 Å². The van der Waals surface area contributed by atoms with Gasteiger partial charge in [-0.25, -0.2) is 0 Å². The minimum atomic E-state index is -0.0544. The van der Waals surface area contributed by atoms with E-state index in [2.05, 4.69) is 6.92 Å². The van der Waals surface area contributed by atoms with Gasteiger partial charge in [0.1, 0.15) is 0 Å². The minimum absolute atomic E-state index is 0.0544. The number of carbonyl (C=O) groups is 1. The normalized spacial score (nSPS) is 22.4. The molecule has 1 aliphatic carbocycles. The predicted molar refractivity (Wildman–Crippen MR) is 76.8 cm³/mol. The molecule has 2 rings (SSSR count). The van der Waals surface area contributed by atoms with Gasteiger partial charge in [-0.3, -0.25) is 4.79 Å². The highest BCUT2D eigenvalue weighted by molar-refractivity contribution is 5.98. The van der Waals surface area contributed by atoms with Crippen molar-refractivity contribution in [3.05, 3.63) is 24.3 Å². The third kappa shape index (κ3) is 2.89. The van der Waals surface area contributed by atoms with E-state index in [4.69, 9.17) is 5.73 Å². The van der Waals surface area contributed by atoms with E-state index in [0.717, 1.165) is 19.3 Å². The molecule has 0 bridgehead atoms. The maximum atomic E-state index is 12.7. The van der Waals surface area contributed by atoms with Crippen LogP contribution in [0.3, 0.4) is 0 Å². The molecule has 1 amide bonds. The van der Waals surface area contributed by atoms with E-state index in [1.807, 2.05) is 18.2 Å². The fourth-order valence-corrected chi connectivity index (χ4v) is 2.90. The van der Waals surface area contributed by atoms with Gasteiger partial charge in [-0.05, 0) is 30.9 Å². The summed E-state index contributed by atoms with van der Waals surface area (Å²) in [6.45, 7) is 2.37. The Morgan fingerprint density at radius 2 is 2.16 bits per heavy atom. The number of benzene rings is 1. The molecule has 0 aromatic heterocycles. The first kappa shape index (κ1) is 13.9. The number of aliphatic hydroxyl groups is 1. The number of carbonyl (C=O) groups excluding carboxylic acids is 1. The number of rotatable bonds is 4. The van der Waals surface area contributed by atoms with Crippen LogP contribution in [0.15, 0.2) is 24.3 Å². The van der Waals surface area contributed by atoms with Crippen molar-refractivity contribution >= 4 is 17.3 Å². The van der Waals surface area contributed by atoms with Crippen molar-refractivity contribution in [2.75, 3.05) is 23.8 Å². The SMILES string of the molecule is CC1CCCC1C(=O)N(CCO)c1ccccc1N. The molecule has 19 heavy (non-hydrogen) atoms. The summed E-state index contributed by atoms with van der Waals surface area (Å²) in [4.78, 5) is 14.3. The number of nitrogens with two attached hydrogens (primary N) is 1. The zero-order chi connectivity index (χ0) is 13.8. The fourth-order valence-electron chi connectivity index (χ4n) is 2.90. The van der Waals surface area contributed by atoms with Crippen LogP contribution >= 0.6 is 0 Å². The number of anilines is 2. The molecule has 1 aromatic carbocycles. The first-order valence-electron chi connectivity index (χ1n) is 6.92. The Balaban J connectivity index is 2.25. The lowest BCUT2D eigenvalue weighted by Crippen LogP contribution is -2.39. The summed E-state index contributed by atoms with van der Waals surface area (Å²) in [6.07, 6.45) is 3.15. The first-order valence-corrected chi connectivity index (χ1v) is 6.92. The fraction of sp³-hybridized carbons (Fsp3) is 0.533. The lowest BCUT2D eigenvalue weighted by molar-refractivity contribution is -0.123. The topological polar surface area (TPSA) is 66.6 Å². The number of hydrogen-bond acceptors (Lipinski definition) is 3. The molecule has 1 saturated carbocycles. The van der Waals surface area contributed by atoms with Crippen LogP contribution in [0.4, 0.5) is 11.4 Å². The summed E-state index contributed by atoms with van der Waals surface area (Å²) in [5.74, 6) is 0.571. The van der Waals surface area contributed by atoms with E-state index in [1.165, 1.54) is 0 Å². The van der Waals surface area contributed by atoms with Crippen LogP contribution in [0.25, 0.3) is 0 Å². The van der Waals surface area contributed by atoms with Gasteiger partial charge < -0.3 is 15.7 Å². The molecule has 0 heterocycles. The molecule has 2 unspecified atom stereocenters. The molecule has 4 heteroatoms. The van der Waals surface area contributed by atoms with E-state index in [1.54, 1.807) is 11.0 Å². The van der Waals surface area contributed by atoms with E-state index < -0.39 is 0 Å². The van der Waals surface area contributed by atoms with Gasteiger partial charge in [0.25, 0.3) is 0 Å². The molecular formula is C15H22N2O2. The summed E-state index contributed by atoms with van der Waals surface area (Å²) in [5, 5.41) is 9.21. The lowest BCUT2D eigenvalue weighted by Gasteiger charge is -2.27. The minimum Gasteiger partial charge on any atom is -0.397 e. The van der Waals surface area contributed by atoms with Crippen LogP contribution in [-0.4, -0.2) is 24.2 Å². The number of nitrogens with zero attached hydrogens (tertiary/aromatic N) is 1. The van der Waals surface area contributed by atoms with E-state index in [9.17, 15) is 9.90 Å². The van der Waals surface area contributed by atoms with Gasteiger partial charge in [-0.1, -0.05) is 25.5 Å². The quantitative estimate of drug-likeness (QED) is 0.816. The molecule has 3 N–H and O–H groups in total. The summed E-state index contributed by atoms with van der Waals surface area (Å²) in [6, 6.07) is 7.33. The Morgan fingerprint density at radius 3 is 2.74 bits per heavy atom. The molecule has 0 radical (unpaired) electrons. The van der Waals surface area contributed by atoms with Gasteiger partial charge >= 0.3 is 0 Å². The largest absolute Gasteiger partial charge is 0.397 e. The third-order valence-electron chi connectivity index (χ3n) is 4.00. The molecule has 4 nitrogen and oxygen atoms in total. The number of nitrogen functional groups attached to an aromatic ring is 1. The Labute approximate surface area is 114 Å². The molecule has 1 fully saturated rings. The Morgan fingerprint density at radius 1 is 1.42 bits per heavy atom. The average Bonchev–Trinajstić information content (AvgIpc) is 2.82. The van der Waals surface area contributed by atoms with Crippen molar-refractivity contribution in [2.24, 2.45) is 11.8 Å². The molecule has 0 aliphatic heterocycles. The van der Waals surface area contributed by atoms with Crippen LogP contribution in [-0.2, 0) is 4.79 Å². The number of amides is 1. The number of hydrogen-bond donors (Lipinski definition) is 2. The molecular weight excluding hydrogens is 240 g/mol. The Kier molecular flexibility index (Phi) is 4.43. The molecule has 1 aromatic rings. The Hall–Kier alpha value is -1.55. The molecule has 1 aliphatic rings. The van der Waals surface area contributed by atoms with Gasteiger partial charge in [0, 0.05) is 12.5 Å². The van der Waals surface area contributed by atoms with E-state index in [-0.39, 0.29) is 18.4 Å². The van der Waals surface area contributed by atoms with Gasteiger partial charge in [-0.2, -0.15) is 0 Å². The monoisotopic (exact) mass is 262 g/mol. The molecule has 0 saturated heterocycles. The highest BCUT2D eigenvalue weighted by atomic mass is 16.3. The summed E-state index contributed by atoms with van der Waals surface area (Å²) >= 11 is 0. The molecule has 104 valence electrons. The first-order chi connectivity index (χ1) is 9.15. The average molecular weight is 262 g/mol. The zero-order valence-electron chi connectivity index (χ0n) is 11.4. The second-order valence-corrected chi connectivity index (χ2v) is 5.29. The van der Waals surface area contributed by atoms with Crippen molar-refractivity contribution < 1.29 is 9.90 Å². The highest BCUT2D eigenvalue weighted by Crippen LogP contribution is 2.34.